The minimum Gasteiger partial charge on any atom is -0.493 e. The molecule has 0 unspecified atom stereocenters. The quantitative estimate of drug-likeness (QED) is 0.643. The number of fused-ring (bicyclic) bond motifs is 2. The third-order valence-corrected chi connectivity index (χ3v) is 4.16. The summed E-state index contributed by atoms with van der Waals surface area (Å²) >= 11 is 0. The zero-order valence-electron chi connectivity index (χ0n) is 15.0. The van der Waals surface area contributed by atoms with Crippen LogP contribution in [0, 0.1) is 11.3 Å². The van der Waals surface area contributed by atoms with Crippen LogP contribution < -0.4 is 29.0 Å². The summed E-state index contributed by atoms with van der Waals surface area (Å²) in [5.41, 5.74) is 1.00. The minimum atomic E-state index is -0.546. The molecule has 0 radical (unpaired) electrons. The Morgan fingerprint density at radius 3 is 2.71 bits per heavy atom. The van der Waals surface area contributed by atoms with Crippen LogP contribution in [0.5, 0.6) is 28.7 Å². The second-order valence-corrected chi connectivity index (χ2v) is 5.94. The Morgan fingerprint density at radius 1 is 1.11 bits per heavy atom. The van der Waals surface area contributed by atoms with E-state index in [4.69, 9.17) is 23.7 Å². The van der Waals surface area contributed by atoms with Gasteiger partial charge in [0.25, 0.3) is 5.91 Å². The van der Waals surface area contributed by atoms with Crippen LogP contribution in [0.1, 0.15) is 5.56 Å². The highest BCUT2D eigenvalue weighted by atomic mass is 16.7. The summed E-state index contributed by atoms with van der Waals surface area (Å²) in [5, 5.41) is 12.1. The van der Waals surface area contributed by atoms with E-state index >= 15 is 0 Å². The summed E-state index contributed by atoms with van der Waals surface area (Å²) in [6.45, 7) is 1.02. The first-order chi connectivity index (χ1) is 13.7. The molecule has 2 heterocycles. The van der Waals surface area contributed by atoms with Crippen LogP contribution in [0.3, 0.4) is 0 Å². The van der Waals surface area contributed by atoms with Crippen LogP contribution >= 0.6 is 0 Å². The lowest BCUT2D eigenvalue weighted by Crippen LogP contribution is -2.17. The first-order valence-corrected chi connectivity index (χ1v) is 8.48. The Bertz CT molecular complexity index is 1010. The van der Waals surface area contributed by atoms with Crippen LogP contribution in [0.15, 0.2) is 35.9 Å². The van der Waals surface area contributed by atoms with E-state index in [1.807, 2.05) is 6.07 Å². The first kappa shape index (κ1) is 17.5. The second kappa shape index (κ2) is 7.40. The SMILES string of the molecule is COc1cc(/C=C(\C#N)C(=O)Nc2ccc3c(c2)OCCO3)cc2c1OCO2. The predicted octanol–water partition coefficient (Wildman–Crippen LogP) is 2.74. The van der Waals surface area contributed by atoms with Gasteiger partial charge in [0.05, 0.1) is 7.11 Å². The van der Waals surface area contributed by atoms with E-state index in [9.17, 15) is 10.1 Å². The van der Waals surface area contributed by atoms with E-state index in [1.54, 1.807) is 30.3 Å². The lowest BCUT2D eigenvalue weighted by molar-refractivity contribution is -0.112. The Kier molecular flexibility index (Phi) is 4.64. The lowest BCUT2D eigenvalue weighted by atomic mass is 10.1. The molecule has 0 atom stereocenters. The molecule has 4 rings (SSSR count). The molecule has 0 bridgehead atoms. The highest BCUT2D eigenvalue weighted by molar-refractivity contribution is 6.09. The molecule has 0 saturated carbocycles. The van der Waals surface area contributed by atoms with Gasteiger partial charge in [-0.05, 0) is 35.9 Å². The average molecular weight is 380 g/mol. The molecule has 2 aromatic rings. The van der Waals surface area contributed by atoms with Crippen molar-refractivity contribution in [2.24, 2.45) is 0 Å². The van der Waals surface area contributed by atoms with Crippen LogP contribution in [0.4, 0.5) is 5.69 Å². The fourth-order valence-electron chi connectivity index (χ4n) is 2.87. The van der Waals surface area contributed by atoms with Crippen molar-refractivity contribution < 1.29 is 28.5 Å². The monoisotopic (exact) mass is 380 g/mol. The van der Waals surface area contributed by atoms with E-state index in [1.165, 1.54) is 13.2 Å². The van der Waals surface area contributed by atoms with Crippen LogP contribution in [0.2, 0.25) is 0 Å². The number of nitriles is 1. The number of carbonyl (C=O) groups is 1. The molecular weight excluding hydrogens is 364 g/mol. The summed E-state index contributed by atoms with van der Waals surface area (Å²) in [7, 11) is 1.50. The fourth-order valence-corrected chi connectivity index (χ4v) is 2.87. The number of nitrogens with zero attached hydrogens (tertiary/aromatic N) is 1. The zero-order valence-corrected chi connectivity index (χ0v) is 15.0. The summed E-state index contributed by atoms with van der Waals surface area (Å²) in [5.74, 6) is 2.08. The summed E-state index contributed by atoms with van der Waals surface area (Å²) in [4.78, 5) is 12.5. The molecule has 1 N–H and O–H groups in total. The number of nitrogens with one attached hydrogen (secondary N) is 1. The smallest absolute Gasteiger partial charge is 0.266 e. The van der Waals surface area contributed by atoms with Crippen LogP contribution in [-0.4, -0.2) is 33.0 Å². The zero-order chi connectivity index (χ0) is 19.5. The van der Waals surface area contributed by atoms with E-state index in [-0.39, 0.29) is 12.4 Å². The number of methoxy groups -OCH3 is 1. The van der Waals surface area contributed by atoms with Gasteiger partial charge in [0, 0.05) is 11.8 Å². The number of benzene rings is 2. The van der Waals surface area contributed by atoms with Crippen molar-refractivity contribution in [2.75, 3.05) is 32.4 Å². The largest absolute Gasteiger partial charge is 0.493 e. The second-order valence-electron chi connectivity index (χ2n) is 5.94. The highest BCUT2D eigenvalue weighted by Gasteiger charge is 2.20. The normalized spacial score (nSPS) is 14.2. The number of hydrogen-bond acceptors (Lipinski definition) is 7. The molecule has 28 heavy (non-hydrogen) atoms. The molecule has 2 aliphatic rings. The van der Waals surface area contributed by atoms with Gasteiger partial charge >= 0.3 is 0 Å². The maximum absolute atomic E-state index is 12.5. The van der Waals surface area contributed by atoms with Gasteiger partial charge in [0.1, 0.15) is 24.9 Å². The minimum absolute atomic E-state index is 0.0733. The average Bonchev–Trinajstić information content (AvgIpc) is 3.19. The van der Waals surface area contributed by atoms with Crippen molar-refractivity contribution in [2.45, 2.75) is 0 Å². The van der Waals surface area contributed by atoms with Crippen molar-refractivity contribution in [3.63, 3.8) is 0 Å². The maximum Gasteiger partial charge on any atom is 0.266 e. The van der Waals surface area contributed by atoms with Crippen molar-refractivity contribution in [3.05, 3.63) is 41.5 Å². The van der Waals surface area contributed by atoms with Gasteiger partial charge in [-0.25, -0.2) is 0 Å². The Hall–Kier alpha value is -3.86. The maximum atomic E-state index is 12.5. The van der Waals surface area contributed by atoms with Gasteiger partial charge in [0.15, 0.2) is 23.0 Å². The molecule has 0 spiro atoms. The molecule has 2 aliphatic heterocycles. The third kappa shape index (κ3) is 3.38. The van der Waals surface area contributed by atoms with Gasteiger partial charge in [-0.1, -0.05) is 0 Å². The number of rotatable bonds is 4. The number of hydrogen-bond donors (Lipinski definition) is 1. The van der Waals surface area contributed by atoms with Crippen molar-refractivity contribution >= 4 is 17.7 Å². The van der Waals surface area contributed by atoms with E-state index in [0.29, 0.717) is 53.2 Å². The number of carbonyl (C=O) groups excluding carboxylic acids is 1. The number of amides is 1. The third-order valence-electron chi connectivity index (χ3n) is 4.16. The van der Waals surface area contributed by atoms with Gasteiger partial charge in [-0.3, -0.25) is 4.79 Å². The first-order valence-electron chi connectivity index (χ1n) is 8.48. The van der Waals surface area contributed by atoms with E-state index in [2.05, 4.69) is 5.32 Å². The molecule has 0 fully saturated rings. The summed E-state index contributed by atoms with van der Waals surface area (Å²) in [6, 6.07) is 10.3. The standard InChI is InChI=1S/C20H16N2O6/c1-24-17-7-12(8-18-19(17)28-11-27-18)6-13(10-21)20(23)22-14-2-3-15-16(9-14)26-5-4-25-15/h2-3,6-9H,4-5,11H2,1H3,(H,22,23)/b13-6+. The Morgan fingerprint density at radius 2 is 1.93 bits per heavy atom. The summed E-state index contributed by atoms with van der Waals surface area (Å²) in [6.07, 6.45) is 1.46. The van der Waals surface area contributed by atoms with Crippen molar-refractivity contribution in [3.8, 4) is 34.8 Å². The van der Waals surface area contributed by atoms with Crippen LogP contribution in [0.25, 0.3) is 6.08 Å². The molecule has 0 aromatic heterocycles. The molecular formula is C20H16N2O6. The van der Waals surface area contributed by atoms with E-state index < -0.39 is 5.91 Å². The Balaban J connectivity index is 1.57. The molecule has 0 aliphatic carbocycles. The van der Waals surface area contributed by atoms with Gasteiger partial charge in [-0.2, -0.15) is 5.26 Å². The molecule has 142 valence electrons. The van der Waals surface area contributed by atoms with Crippen molar-refractivity contribution in [1.82, 2.24) is 0 Å². The highest BCUT2D eigenvalue weighted by Crippen LogP contribution is 2.42. The number of anilines is 1. The molecule has 2 aromatic carbocycles. The summed E-state index contributed by atoms with van der Waals surface area (Å²) < 4.78 is 26.9. The van der Waals surface area contributed by atoms with E-state index in [0.717, 1.165) is 0 Å². The predicted molar refractivity (Wildman–Crippen MR) is 98.8 cm³/mol. The fraction of sp³-hybridized carbons (Fsp3) is 0.200. The lowest BCUT2D eigenvalue weighted by Gasteiger charge is -2.18. The molecule has 1 amide bonds. The molecule has 0 saturated heterocycles. The van der Waals surface area contributed by atoms with Crippen molar-refractivity contribution in [1.29, 1.82) is 5.26 Å². The van der Waals surface area contributed by atoms with Crippen LogP contribution in [-0.2, 0) is 4.79 Å². The van der Waals surface area contributed by atoms with Gasteiger partial charge < -0.3 is 29.0 Å². The topological polar surface area (TPSA) is 99.0 Å². The molecule has 8 heteroatoms. The van der Waals surface area contributed by atoms with Gasteiger partial charge in [-0.15, -0.1) is 0 Å². The Labute approximate surface area is 160 Å². The number of ether oxygens (including phenoxy) is 5. The van der Waals surface area contributed by atoms with Gasteiger partial charge in [0.2, 0.25) is 12.5 Å². The molecule has 8 nitrogen and oxygen atoms in total.